The van der Waals surface area contributed by atoms with Crippen LogP contribution in [0.25, 0.3) is 22.8 Å². The molecule has 0 radical (unpaired) electrons. The van der Waals surface area contributed by atoms with Crippen LogP contribution in [-0.4, -0.2) is 10.1 Å². The van der Waals surface area contributed by atoms with Gasteiger partial charge in [-0.25, -0.2) is 0 Å². The first-order valence-electron chi connectivity index (χ1n) is 5.89. The third-order valence-electron chi connectivity index (χ3n) is 2.85. The lowest BCUT2D eigenvalue weighted by molar-refractivity contribution is 0.432. The maximum atomic E-state index is 5.99. The number of nitrogens with two attached hydrogens (primary N) is 1. The smallest absolute Gasteiger partial charge is 0.258 e. The minimum absolute atomic E-state index is 0.400. The summed E-state index contributed by atoms with van der Waals surface area (Å²) in [7, 11) is 0. The molecule has 0 saturated carbocycles. The third-order valence-corrected chi connectivity index (χ3v) is 4.28. The second-order valence-corrected chi connectivity index (χ2v) is 5.96. The van der Waals surface area contributed by atoms with Crippen LogP contribution < -0.4 is 5.73 Å². The Balaban J connectivity index is 1.99. The summed E-state index contributed by atoms with van der Waals surface area (Å²) < 4.78 is 6.04. The molecular formula is C14H8BrCl2N3O. The van der Waals surface area contributed by atoms with Crippen LogP contribution in [0.3, 0.4) is 0 Å². The Morgan fingerprint density at radius 2 is 1.76 bits per heavy atom. The Kier molecular flexibility index (Phi) is 3.89. The molecule has 1 heterocycles. The number of hydrogen-bond donors (Lipinski definition) is 1. The molecule has 106 valence electrons. The normalized spacial score (nSPS) is 10.8. The SMILES string of the molecule is Nc1ccc(-c2nc(-c3ccc(Cl)c(Cl)c3)no2)cc1Br. The number of rotatable bonds is 2. The van der Waals surface area contributed by atoms with Crippen molar-refractivity contribution in [1.82, 2.24) is 10.1 Å². The van der Waals surface area contributed by atoms with Crippen LogP contribution in [0, 0.1) is 0 Å². The molecule has 2 aromatic carbocycles. The van der Waals surface area contributed by atoms with Crippen molar-refractivity contribution in [2.75, 3.05) is 5.73 Å². The van der Waals surface area contributed by atoms with Gasteiger partial charge in [0.25, 0.3) is 5.89 Å². The maximum absolute atomic E-state index is 5.99. The minimum Gasteiger partial charge on any atom is -0.398 e. The number of nitrogen functional groups attached to an aromatic ring is 1. The summed E-state index contributed by atoms with van der Waals surface area (Å²) in [5.41, 5.74) is 7.90. The summed E-state index contributed by atoms with van der Waals surface area (Å²) in [6, 6.07) is 10.6. The average molecular weight is 385 g/mol. The third kappa shape index (κ3) is 2.90. The Bertz CT molecular complexity index is 754. The van der Waals surface area contributed by atoms with Crippen LogP contribution in [0.4, 0.5) is 5.69 Å². The highest BCUT2D eigenvalue weighted by Gasteiger charge is 2.12. The summed E-state index contributed by atoms with van der Waals surface area (Å²) in [5.74, 6) is 0.841. The highest BCUT2D eigenvalue weighted by molar-refractivity contribution is 9.10. The van der Waals surface area contributed by atoms with Gasteiger partial charge in [0.15, 0.2) is 0 Å². The molecule has 0 aliphatic rings. The molecule has 0 atom stereocenters. The van der Waals surface area contributed by atoms with E-state index in [2.05, 4.69) is 26.1 Å². The van der Waals surface area contributed by atoms with Crippen molar-refractivity contribution in [1.29, 1.82) is 0 Å². The molecule has 0 amide bonds. The van der Waals surface area contributed by atoms with E-state index in [1.54, 1.807) is 24.3 Å². The van der Waals surface area contributed by atoms with Gasteiger partial charge in [-0.3, -0.25) is 0 Å². The highest BCUT2D eigenvalue weighted by Crippen LogP contribution is 2.30. The molecular weight excluding hydrogens is 377 g/mol. The zero-order valence-electron chi connectivity index (χ0n) is 10.5. The fourth-order valence-corrected chi connectivity index (χ4v) is 2.43. The van der Waals surface area contributed by atoms with E-state index in [-0.39, 0.29) is 0 Å². The topological polar surface area (TPSA) is 64.9 Å². The van der Waals surface area contributed by atoms with E-state index in [0.29, 0.717) is 27.4 Å². The summed E-state index contributed by atoms with van der Waals surface area (Å²) in [4.78, 5) is 4.35. The van der Waals surface area contributed by atoms with Gasteiger partial charge in [0.2, 0.25) is 5.82 Å². The molecule has 0 unspecified atom stereocenters. The van der Waals surface area contributed by atoms with E-state index in [0.717, 1.165) is 15.6 Å². The first-order valence-corrected chi connectivity index (χ1v) is 7.44. The van der Waals surface area contributed by atoms with Gasteiger partial charge >= 0.3 is 0 Å². The maximum Gasteiger partial charge on any atom is 0.258 e. The molecule has 0 aliphatic carbocycles. The van der Waals surface area contributed by atoms with Crippen LogP contribution in [-0.2, 0) is 0 Å². The zero-order valence-corrected chi connectivity index (χ0v) is 13.6. The van der Waals surface area contributed by atoms with Crippen molar-refractivity contribution in [3.63, 3.8) is 0 Å². The number of benzene rings is 2. The van der Waals surface area contributed by atoms with Crippen LogP contribution in [0.15, 0.2) is 45.4 Å². The fraction of sp³-hybridized carbons (Fsp3) is 0. The monoisotopic (exact) mass is 383 g/mol. The molecule has 3 aromatic rings. The number of nitrogens with zero attached hydrogens (tertiary/aromatic N) is 2. The van der Waals surface area contributed by atoms with E-state index in [9.17, 15) is 0 Å². The van der Waals surface area contributed by atoms with E-state index in [4.69, 9.17) is 33.5 Å². The highest BCUT2D eigenvalue weighted by atomic mass is 79.9. The van der Waals surface area contributed by atoms with Gasteiger partial charge < -0.3 is 10.3 Å². The largest absolute Gasteiger partial charge is 0.398 e. The number of anilines is 1. The van der Waals surface area contributed by atoms with Crippen LogP contribution in [0.5, 0.6) is 0 Å². The number of hydrogen-bond acceptors (Lipinski definition) is 4. The van der Waals surface area contributed by atoms with Crippen molar-refractivity contribution in [2.24, 2.45) is 0 Å². The summed E-state index contributed by atoms with van der Waals surface area (Å²) >= 11 is 15.2. The van der Waals surface area contributed by atoms with E-state index < -0.39 is 0 Å². The van der Waals surface area contributed by atoms with Crippen molar-refractivity contribution in [3.8, 4) is 22.8 Å². The molecule has 21 heavy (non-hydrogen) atoms. The molecule has 0 aliphatic heterocycles. The van der Waals surface area contributed by atoms with E-state index in [1.165, 1.54) is 0 Å². The van der Waals surface area contributed by atoms with Crippen molar-refractivity contribution < 1.29 is 4.52 Å². The van der Waals surface area contributed by atoms with Gasteiger partial charge in [-0.2, -0.15) is 4.98 Å². The lowest BCUT2D eigenvalue weighted by atomic mass is 10.2. The standard InChI is InChI=1S/C14H8BrCl2N3O/c15-9-5-8(2-4-12(9)18)14-19-13(20-21-14)7-1-3-10(16)11(17)6-7/h1-6H,18H2. The molecule has 0 bridgehead atoms. The van der Waals surface area contributed by atoms with Crippen LogP contribution in [0.2, 0.25) is 10.0 Å². The molecule has 0 spiro atoms. The quantitative estimate of drug-likeness (QED) is 0.627. The second-order valence-electron chi connectivity index (χ2n) is 4.29. The lowest BCUT2D eigenvalue weighted by Gasteiger charge is -1.99. The van der Waals surface area contributed by atoms with Gasteiger partial charge in [-0.05, 0) is 52.3 Å². The molecule has 3 rings (SSSR count). The lowest BCUT2D eigenvalue weighted by Crippen LogP contribution is -1.87. The molecule has 2 N–H and O–H groups in total. The summed E-state index contributed by atoms with van der Waals surface area (Å²) in [5, 5.41) is 4.87. The Morgan fingerprint density at radius 1 is 1.00 bits per heavy atom. The number of aromatic nitrogens is 2. The minimum atomic E-state index is 0.400. The van der Waals surface area contributed by atoms with E-state index in [1.807, 2.05) is 12.1 Å². The van der Waals surface area contributed by atoms with Crippen molar-refractivity contribution in [2.45, 2.75) is 0 Å². The molecule has 0 saturated heterocycles. The Morgan fingerprint density at radius 3 is 2.48 bits per heavy atom. The van der Waals surface area contributed by atoms with Gasteiger partial charge in [0.1, 0.15) is 0 Å². The van der Waals surface area contributed by atoms with Crippen molar-refractivity contribution in [3.05, 3.63) is 50.9 Å². The zero-order chi connectivity index (χ0) is 15.0. The second kappa shape index (κ2) is 5.67. The average Bonchev–Trinajstić information content (AvgIpc) is 2.94. The van der Waals surface area contributed by atoms with Gasteiger partial charge in [0, 0.05) is 21.3 Å². The van der Waals surface area contributed by atoms with Gasteiger partial charge in [0.05, 0.1) is 10.0 Å². The molecule has 0 fully saturated rings. The van der Waals surface area contributed by atoms with E-state index >= 15 is 0 Å². The van der Waals surface area contributed by atoms with Crippen LogP contribution >= 0.6 is 39.1 Å². The summed E-state index contributed by atoms with van der Waals surface area (Å²) in [6.45, 7) is 0. The van der Waals surface area contributed by atoms with Crippen LogP contribution in [0.1, 0.15) is 0 Å². The molecule has 4 nitrogen and oxygen atoms in total. The first-order chi connectivity index (χ1) is 10.0. The van der Waals surface area contributed by atoms with Gasteiger partial charge in [-0.15, -0.1) is 0 Å². The first kappa shape index (κ1) is 14.4. The predicted octanol–water partition coefficient (Wildman–Crippen LogP) is 5.06. The van der Waals surface area contributed by atoms with Gasteiger partial charge in [-0.1, -0.05) is 28.4 Å². The fourth-order valence-electron chi connectivity index (χ4n) is 1.75. The summed E-state index contributed by atoms with van der Waals surface area (Å²) in [6.07, 6.45) is 0. The molecule has 1 aromatic heterocycles. The Labute approximate surface area is 139 Å². The molecule has 7 heteroatoms. The Hall–Kier alpha value is -1.56. The number of halogens is 3. The van der Waals surface area contributed by atoms with Crippen molar-refractivity contribution >= 4 is 44.8 Å². The predicted molar refractivity (Wildman–Crippen MR) is 87.3 cm³/mol.